The molecule has 18 heavy (non-hydrogen) atoms. The second-order valence-electron chi connectivity index (χ2n) is 4.61. The standard InChI is InChI=1S/C14H20N4/c1-3-9-18-13(10-16-17-18)14(15)11(2)12-7-5-4-6-8-12/h4-8,10-11,14H,3,9,15H2,1-2H3. The van der Waals surface area contributed by atoms with Gasteiger partial charge in [0.1, 0.15) is 0 Å². The highest BCUT2D eigenvalue weighted by molar-refractivity contribution is 5.22. The van der Waals surface area contributed by atoms with E-state index in [0.717, 1.165) is 18.7 Å². The van der Waals surface area contributed by atoms with E-state index in [0.29, 0.717) is 0 Å². The van der Waals surface area contributed by atoms with Crippen molar-refractivity contribution in [1.29, 1.82) is 0 Å². The highest BCUT2D eigenvalue weighted by Gasteiger charge is 2.20. The highest BCUT2D eigenvalue weighted by Crippen LogP contribution is 2.27. The first-order chi connectivity index (χ1) is 8.74. The molecule has 96 valence electrons. The Morgan fingerprint density at radius 1 is 1.28 bits per heavy atom. The first kappa shape index (κ1) is 12.8. The lowest BCUT2D eigenvalue weighted by Crippen LogP contribution is -2.21. The van der Waals surface area contributed by atoms with Crippen LogP contribution in [-0.4, -0.2) is 15.0 Å². The van der Waals surface area contributed by atoms with Crippen molar-refractivity contribution in [3.8, 4) is 0 Å². The van der Waals surface area contributed by atoms with Crippen molar-refractivity contribution in [1.82, 2.24) is 15.0 Å². The van der Waals surface area contributed by atoms with E-state index < -0.39 is 0 Å². The predicted octanol–water partition coefficient (Wildman–Crippen LogP) is 2.49. The maximum absolute atomic E-state index is 6.35. The SMILES string of the molecule is CCCn1nncc1C(N)C(C)c1ccccc1. The number of aromatic nitrogens is 3. The van der Waals surface area contributed by atoms with Crippen LogP contribution in [0.3, 0.4) is 0 Å². The topological polar surface area (TPSA) is 56.7 Å². The molecule has 0 saturated carbocycles. The number of nitrogens with zero attached hydrogens (tertiary/aromatic N) is 3. The van der Waals surface area contributed by atoms with Crippen molar-refractivity contribution < 1.29 is 0 Å². The molecule has 1 heterocycles. The van der Waals surface area contributed by atoms with Gasteiger partial charge in [-0.3, -0.25) is 0 Å². The maximum Gasteiger partial charge on any atom is 0.0760 e. The lowest BCUT2D eigenvalue weighted by atomic mass is 9.92. The van der Waals surface area contributed by atoms with Crippen LogP contribution in [0.4, 0.5) is 0 Å². The average Bonchev–Trinajstić information content (AvgIpc) is 2.87. The maximum atomic E-state index is 6.35. The number of rotatable bonds is 5. The summed E-state index contributed by atoms with van der Waals surface area (Å²) >= 11 is 0. The van der Waals surface area contributed by atoms with Gasteiger partial charge in [-0.1, -0.05) is 49.4 Å². The van der Waals surface area contributed by atoms with Crippen LogP contribution in [0.15, 0.2) is 36.5 Å². The molecule has 2 aromatic rings. The molecule has 4 nitrogen and oxygen atoms in total. The summed E-state index contributed by atoms with van der Waals surface area (Å²) < 4.78 is 1.91. The van der Waals surface area contributed by atoms with Crippen LogP contribution in [-0.2, 0) is 6.54 Å². The number of hydrogen-bond acceptors (Lipinski definition) is 3. The Bertz CT molecular complexity index is 478. The molecule has 0 aliphatic rings. The first-order valence-electron chi connectivity index (χ1n) is 6.43. The van der Waals surface area contributed by atoms with Gasteiger partial charge in [-0.05, 0) is 12.0 Å². The Morgan fingerprint density at radius 2 is 2.00 bits per heavy atom. The van der Waals surface area contributed by atoms with Crippen molar-refractivity contribution in [3.63, 3.8) is 0 Å². The fourth-order valence-electron chi connectivity index (χ4n) is 2.13. The molecule has 0 spiro atoms. The van der Waals surface area contributed by atoms with Gasteiger partial charge in [0.05, 0.1) is 17.9 Å². The minimum absolute atomic E-state index is 0.0750. The summed E-state index contributed by atoms with van der Waals surface area (Å²) in [6.07, 6.45) is 2.81. The summed E-state index contributed by atoms with van der Waals surface area (Å²) in [5, 5.41) is 8.06. The predicted molar refractivity (Wildman–Crippen MR) is 72.1 cm³/mol. The van der Waals surface area contributed by atoms with E-state index in [1.54, 1.807) is 6.20 Å². The number of hydrogen-bond donors (Lipinski definition) is 1. The lowest BCUT2D eigenvalue weighted by Gasteiger charge is -2.20. The third kappa shape index (κ3) is 2.59. The van der Waals surface area contributed by atoms with Crippen LogP contribution in [0.5, 0.6) is 0 Å². The molecule has 2 rings (SSSR count). The molecule has 1 aromatic carbocycles. The van der Waals surface area contributed by atoms with Gasteiger partial charge in [0, 0.05) is 12.5 Å². The van der Waals surface area contributed by atoms with E-state index in [1.807, 2.05) is 22.9 Å². The van der Waals surface area contributed by atoms with Crippen molar-refractivity contribution in [2.75, 3.05) is 0 Å². The van der Waals surface area contributed by atoms with Crippen LogP contribution in [0.2, 0.25) is 0 Å². The van der Waals surface area contributed by atoms with Crippen LogP contribution >= 0.6 is 0 Å². The molecule has 4 heteroatoms. The van der Waals surface area contributed by atoms with Gasteiger partial charge >= 0.3 is 0 Å². The van der Waals surface area contributed by atoms with Crippen LogP contribution < -0.4 is 5.73 Å². The molecule has 0 fully saturated rings. The summed E-state index contributed by atoms with van der Waals surface area (Å²) in [5.74, 6) is 0.250. The summed E-state index contributed by atoms with van der Waals surface area (Å²) in [4.78, 5) is 0. The van der Waals surface area contributed by atoms with Gasteiger partial charge in [-0.15, -0.1) is 5.10 Å². The Labute approximate surface area is 108 Å². The minimum Gasteiger partial charge on any atom is -0.322 e. The zero-order chi connectivity index (χ0) is 13.0. The van der Waals surface area contributed by atoms with Gasteiger partial charge in [0.2, 0.25) is 0 Å². The van der Waals surface area contributed by atoms with Crippen LogP contribution in [0, 0.1) is 0 Å². The fourth-order valence-corrected chi connectivity index (χ4v) is 2.13. The van der Waals surface area contributed by atoms with Gasteiger partial charge < -0.3 is 5.73 Å². The summed E-state index contributed by atoms with van der Waals surface area (Å²) in [5.41, 5.74) is 8.60. The molecule has 2 N–H and O–H groups in total. The van der Waals surface area contributed by atoms with Crippen molar-refractivity contribution in [3.05, 3.63) is 47.8 Å². The fraction of sp³-hybridized carbons (Fsp3) is 0.429. The third-order valence-electron chi connectivity index (χ3n) is 3.29. The smallest absolute Gasteiger partial charge is 0.0760 e. The number of benzene rings is 1. The van der Waals surface area contributed by atoms with Gasteiger partial charge in [0.25, 0.3) is 0 Å². The Hall–Kier alpha value is -1.68. The van der Waals surface area contributed by atoms with E-state index in [1.165, 1.54) is 5.56 Å². The molecule has 2 atom stereocenters. The van der Waals surface area contributed by atoms with Crippen molar-refractivity contribution in [2.45, 2.75) is 38.8 Å². The average molecular weight is 244 g/mol. The largest absolute Gasteiger partial charge is 0.322 e. The second kappa shape index (κ2) is 5.78. The van der Waals surface area contributed by atoms with E-state index in [9.17, 15) is 0 Å². The quantitative estimate of drug-likeness (QED) is 0.879. The molecule has 1 aromatic heterocycles. The Balaban J connectivity index is 2.20. The second-order valence-corrected chi connectivity index (χ2v) is 4.61. The number of aryl methyl sites for hydroxylation is 1. The molecule has 0 bridgehead atoms. The summed E-state index contributed by atoms with van der Waals surface area (Å²) in [6.45, 7) is 5.13. The Kier molecular flexibility index (Phi) is 4.10. The van der Waals surface area contributed by atoms with E-state index in [4.69, 9.17) is 5.73 Å². The van der Waals surface area contributed by atoms with Crippen molar-refractivity contribution >= 4 is 0 Å². The molecule has 0 aliphatic carbocycles. The summed E-state index contributed by atoms with van der Waals surface area (Å²) in [6, 6.07) is 10.2. The lowest BCUT2D eigenvalue weighted by molar-refractivity contribution is 0.496. The van der Waals surface area contributed by atoms with Gasteiger partial charge in [0.15, 0.2) is 0 Å². The first-order valence-corrected chi connectivity index (χ1v) is 6.43. The van der Waals surface area contributed by atoms with E-state index in [2.05, 4.69) is 36.3 Å². The van der Waals surface area contributed by atoms with E-state index >= 15 is 0 Å². The normalized spacial score (nSPS) is 14.4. The molecule has 0 saturated heterocycles. The molecule has 0 amide bonds. The molecular weight excluding hydrogens is 224 g/mol. The van der Waals surface area contributed by atoms with Crippen molar-refractivity contribution in [2.24, 2.45) is 5.73 Å². The van der Waals surface area contributed by atoms with Crippen LogP contribution in [0.25, 0.3) is 0 Å². The minimum atomic E-state index is -0.0750. The number of nitrogens with two attached hydrogens (primary N) is 1. The zero-order valence-electron chi connectivity index (χ0n) is 11.0. The molecule has 2 unspecified atom stereocenters. The van der Waals surface area contributed by atoms with Gasteiger partial charge in [-0.2, -0.15) is 0 Å². The van der Waals surface area contributed by atoms with Gasteiger partial charge in [-0.25, -0.2) is 4.68 Å². The third-order valence-corrected chi connectivity index (χ3v) is 3.29. The highest BCUT2D eigenvalue weighted by atomic mass is 15.4. The summed E-state index contributed by atoms with van der Waals surface area (Å²) in [7, 11) is 0. The molecule has 0 radical (unpaired) electrons. The van der Waals surface area contributed by atoms with E-state index in [-0.39, 0.29) is 12.0 Å². The zero-order valence-corrected chi connectivity index (χ0v) is 11.0. The molecule has 0 aliphatic heterocycles. The monoisotopic (exact) mass is 244 g/mol. The molecular formula is C14H20N4. The Morgan fingerprint density at radius 3 is 2.67 bits per heavy atom. The van der Waals surface area contributed by atoms with Crippen LogP contribution in [0.1, 0.15) is 43.5 Å².